The van der Waals surface area contributed by atoms with Gasteiger partial charge in [-0.05, 0) is 18.2 Å². The number of halogens is 4. The van der Waals surface area contributed by atoms with Crippen molar-refractivity contribution in [3.05, 3.63) is 34.5 Å². The van der Waals surface area contributed by atoms with Crippen molar-refractivity contribution in [1.82, 2.24) is 4.98 Å². The molecule has 3 nitrogen and oxygen atoms in total. The minimum absolute atomic E-state index is 0.0849. The molecule has 0 aliphatic carbocycles. The number of nitrogens with one attached hydrogen (secondary N) is 1. The molecule has 0 saturated heterocycles. The normalized spacial score (nSPS) is 11.8. The van der Waals surface area contributed by atoms with Crippen LogP contribution in [0, 0.1) is 0 Å². The number of H-pyrrole nitrogens is 1. The predicted octanol–water partition coefficient (Wildman–Crippen LogP) is 3.63. The zero-order valence-electron chi connectivity index (χ0n) is 9.06. The number of carbonyl (C=O) groups is 1. The Hall–Kier alpha value is -1.69. The van der Waals surface area contributed by atoms with Gasteiger partial charge in [-0.25, -0.2) is 4.79 Å². The third kappa shape index (κ3) is 2.03. The highest BCUT2D eigenvalue weighted by Crippen LogP contribution is 2.36. The first kappa shape index (κ1) is 12.8. The summed E-state index contributed by atoms with van der Waals surface area (Å²) in [5.41, 5.74) is -1.51. The van der Waals surface area contributed by atoms with Crippen LogP contribution < -0.4 is 0 Å². The molecule has 0 fully saturated rings. The molecule has 0 unspecified atom stereocenters. The van der Waals surface area contributed by atoms with E-state index in [0.717, 1.165) is 7.11 Å². The van der Waals surface area contributed by atoms with Crippen LogP contribution in [0.4, 0.5) is 13.2 Å². The largest absolute Gasteiger partial charge is 0.465 e. The second-order valence-corrected chi connectivity index (χ2v) is 3.99. The molecule has 2 rings (SSSR count). The summed E-state index contributed by atoms with van der Waals surface area (Å²) in [5, 5.41) is 0.321. The molecule has 7 heteroatoms. The molecule has 1 heterocycles. The molecule has 96 valence electrons. The lowest BCUT2D eigenvalue weighted by Gasteiger charge is -2.06. The lowest BCUT2D eigenvalue weighted by Crippen LogP contribution is -2.13. The summed E-state index contributed by atoms with van der Waals surface area (Å²) in [6, 6.07) is 4.09. The van der Waals surface area contributed by atoms with Crippen molar-refractivity contribution in [1.29, 1.82) is 0 Å². The minimum atomic E-state index is -4.67. The molecular formula is C11H7ClF3NO2. The Morgan fingerprint density at radius 3 is 2.61 bits per heavy atom. The van der Waals surface area contributed by atoms with E-state index >= 15 is 0 Å². The highest BCUT2D eigenvalue weighted by molar-refractivity contribution is 6.31. The van der Waals surface area contributed by atoms with Crippen LogP contribution in [0.3, 0.4) is 0 Å². The van der Waals surface area contributed by atoms with Gasteiger partial charge in [0, 0.05) is 15.9 Å². The fourth-order valence-electron chi connectivity index (χ4n) is 1.69. The minimum Gasteiger partial charge on any atom is -0.465 e. The van der Waals surface area contributed by atoms with Crippen molar-refractivity contribution < 1.29 is 22.7 Å². The molecule has 2 aromatic rings. The summed E-state index contributed by atoms with van der Waals surface area (Å²) >= 11 is 5.71. The molecular weight excluding hydrogens is 271 g/mol. The topological polar surface area (TPSA) is 42.1 Å². The number of fused-ring (bicyclic) bond motifs is 1. The quantitative estimate of drug-likeness (QED) is 0.809. The number of hydrogen-bond acceptors (Lipinski definition) is 2. The van der Waals surface area contributed by atoms with Crippen molar-refractivity contribution in [3.8, 4) is 0 Å². The number of alkyl halides is 3. The molecule has 0 bridgehead atoms. The number of hydrogen-bond donors (Lipinski definition) is 1. The van der Waals surface area contributed by atoms with E-state index in [9.17, 15) is 18.0 Å². The fraction of sp³-hybridized carbons (Fsp3) is 0.182. The summed E-state index contributed by atoms with van der Waals surface area (Å²) in [7, 11) is 1.02. The maximum Gasteiger partial charge on any atom is 0.432 e. The maximum atomic E-state index is 12.8. The van der Waals surface area contributed by atoms with Crippen LogP contribution >= 0.6 is 11.6 Å². The number of aromatic amines is 1. The van der Waals surface area contributed by atoms with E-state index in [0.29, 0.717) is 0 Å². The van der Waals surface area contributed by atoms with Gasteiger partial charge in [0.2, 0.25) is 0 Å². The van der Waals surface area contributed by atoms with Crippen molar-refractivity contribution in [2.45, 2.75) is 6.18 Å². The van der Waals surface area contributed by atoms with Crippen molar-refractivity contribution in [2.24, 2.45) is 0 Å². The molecule has 0 aliphatic rings. The van der Waals surface area contributed by atoms with Gasteiger partial charge < -0.3 is 9.72 Å². The summed E-state index contributed by atoms with van der Waals surface area (Å²) in [4.78, 5) is 13.6. The van der Waals surface area contributed by atoms with Gasteiger partial charge in [-0.15, -0.1) is 0 Å². The second kappa shape index (κ2) is 4.20. The number of methoxy groups -OCH3 is 1. The number of esters is 1. The second-order valence-electron chi connectivity index (χ2n) is 3.55. The zero-order chi connectivity index (χ0) is 13.5. The fourth-order valence-corrected chi connectivity index (χ4v) is 1.86. The Morgan fingerprint density at radius 2 is 2.06 bits per heavy atom. The molecule has 0 amide bonds. The zero-order valence-corrected chi connectivity index (χ0v) is 9.82. The molecule has 1 N–H and O–H groups in total. The number of aromatic nitrogens is 1. The lowest BCUT2D eigenvalue weighted by atomic mass is 10.1. The molecule has 1 aromatic heterocycles. The van der Waals surface area contributed by atoms with E-state index in [2.05, 4.69) is 9.72 Å². The van der Waals surface area contributed by atoms with Gasteiger partial charge in [0.25, 0.3) is 0 Å². The Labute approximate surface area is 104 Å². The van der Waals surface area contributed by atoms with E-state index < -0.39 is 23.4 Å². The first-order valence-corrected chi connectivity index (χ1v) is 5.19. The van der Waals surface area contributed by atoms with E-state index in [1.807, 2.05) is 0 Å². The van der Waals surface area contributed by atoms with Gasteiger partial charge in [0.15, 0.2) is 0 Å². The van der Waals surface area contributed by atoms with Crippen LogP contribution in [-0.2, 0) is 10.9 Å². The maximum absolute atomic E-state index is 12.8. The van der Waals surface area contributed by atoms with E-state index in [-0.39, 0.29) is 15.9 Å². The molecule has 0 radical (unpaired) electrons. The Kier molecular flexibility index (Phi) is 2.98. The Bertz CT molecular complexity index is 619. The lowest BCUT2D eigenvalue weighted by molar-refractivity contribution is -0.141. The highest BCUT2D eigenvalue weighted by Gasteiger charge is 2.39. The monoisotopic (exact) mass is 277 g/mol. The van der Waals surface area contributed by atoms with Gasteiger partial charge in [0.1, 0.15) is 5.69 Å². The predicted molar refractivity (Wildman–Crippen MR) is 59.7 cm³/mol. The average Bonchev–Trinajstić information content (AvgIpc) is 2.66. The standard InChI is InChI=1S/C11H7ClF3NO2/c1-18-10(17)8-6-4-5(12)2-3-7(6)16-9(8)11(13,14)15/h2-4,16H,1H3. The van der Waals surface area contributed by atoms with Crippen LogP contribution in [0.2, 0.25) is 5.02 Å². The Balaban J connectivity index is 2.82. The first-order valence-electron chi connectivity index (χ1n) is 4.81. The number of benzene rings is 1. The molecule has 1 aromatic carbocycles. The average molecular weight is 278 g/mol. The van der Waals surface area contributed by atoms with Crippen molar-refractivity contribution >= 4 is 28.5 Å². The Morgan fingerprint density at radius 1 is 1.39 bits per heavy atom. The summed E-state index contributed by atoms with van der Waals surface area (Å²) in [5.74, 6) is -1.06. The van der Waals surface area contributed by atoms with E-state index in [1.54, 1.807) is 0 Å². The smallest absolute Gasteiger partial charge is 0.432 e. The van der Waals surface area contributed by atoms with Gasteiger partial charge in [-0.3, -0.25) is 0 Å². The third-order valence-electron chi connectivity index (χ3n) is 2.43. The SMILES string of the molecule is COC(=O)c1c(C(F)(F)F)[nH]c2ccc(Cl)cc12. The number of carbonyl (C=O) groups excluding carboxylic acids is 1. The van der Waals surface area contributed by atoms with Gasteiger partial charge in [-0.2, -0.15) is 13.2 Å². The van der Waals surface area contributed by atoms with Crippen LogP contribution in [0.15, 0.2) is 18.2 Å². The highest BCUT2D eigenvalue weighted by atomic mass is 35.5. The van der Waals surface area contributed by atoms with Crippen LogP contribution in [0.25, 0.3) is 10.9 Å². The van der Waals surface area contributed by atoms with Crippen LogP contribution in [0.1, 0.15) is 16.1 Å². The van der Waals surface area contributed by atoms with Gasteiger partial charge in [0.05, 0.1) is 12.7 Å². The van der Waals surface area contributed by atoms with Crippen molar-refractivity contribution in [3.63, 3.8) is 0 Å². The van der Waals surface area contributed by atoms with Crippen molar-refractivity contribution in [2.75, 3.05) is 7.11 Å². The number of ether oxygens (including phenoxy) is 1. The molecule has 18 heavy (non-hydrogen) atoms. The third-order valence-corrected chi connectivity index (χ3v) is 2.67. The summed E-state index contributed by atoms with van der Waals surface area (Å²) in [6.45, 7) is 0. The van der Waals surface area contributed by atoms with Crippen LogP contribution in [-0.4, -0.2) is 18.1 Å². The summed E-state index contributed by atoms with van der Waals surface area (Å²) < 4.78 is 42.8. The molecule has 0 spiro atoms. The molecule has 0 saturated carbocycles. The van der Waals surface area contributed by atoms with Gasteiger partial charge in [-0.1, -0.05) is 11.6 Å². The van der Waals surface area contributed by atoms with Gasteiger partial charge >= 0.3 is 12.1 Å². The van der Waals surface area contributed by atoms with Crippen LogP contribution in [0.5, 0.6) is 0 Å². The summed E-state index contributed by atoms with van der Waals surface area (Å²) in [6.07, 6.45) is -4.67. The first-order chi connectivity index (χ1) is 8.34. The van der Waals surface area contributed by atoms with E-state index in [4.69, 9.17) is 11.6 Å². The molecule has 0 atom stereocenters. The number of rotatable bonds is 1. The molecule has 0 aliphatic heterocycles. The van der Waals surface area contributed by atoms with E-state index in [1.165, 1.54) is 18.2 Å².